The first-order chi connectivity index (χ1) is 15.4. The molecular formula is C25H30N2O5. The van der Waals surface area contributed by atoms with Gasteiger partial charge in [0.05, 0.1) is 38.6 Å². The summed E-state index contributed by atoms with van der Waals surface area (Å²) in [7, 11) is 6.59. The van der Waals surface area contributed by atoms with Gasteiger partial charge in [0.15, 0.2) is 5.78 Å². The molecule has 0 aliphatic carbocycles. The molecule has 1 heterocycles. The first-order valence-electron chi connectivity index (χ1n) is 10.5. The standard InChI is InChI=1S/C25H30N2O5/c1-16(24(28)19-15-18(30-3)9-11-22(19)31-4)13-17-8-10-23(32-5)20(14-17)26-25(29)21-7-6-12-27(21)2/h8-11,13-15,21H,6-7,12H2,1-5H3,(H,26,29)/b16-13+. The molecule has 1 saturated heterocycles. The summed E-state index contributed by atoms with van der Waals surface area (Å²) in [6.45, 7) is 2.66. The first-order valence-corrected chi connectivity index (χ1v) is 10.5. The van der Waals surface area contributed by atoms with Crippen LogP contribution in [0.15, 0.2) is 42.0 Å². The van der Waals surface area contributed by atoms with E-state index in [1.165, 1.54) is 7.11 Å². The molecule has 1 aliphatic heterocycles. The number of methoxy groups -OCH3 is 3. The number of hydrogen-bond acceptors (Lipinski definition) is 6. The Kier molecular flexibility index (Phi) is 7.53. The number of hydrogen-bond donors (Lipinski definition) is 1. The second-order valence-electron chi connectivity index (χ2n) is 7.81. The summed E-state index contributed by atoms with van der Waals surface area (Å²) in [5.41, 5.74) is 2.29. The van der Waals surface area contributed by atoms with Gasteiger partial charge in [-0.3, -0.25) is 14.5 Å². The van der Waals surface area contributed by atoms with E-state index < -0.39 is 0 Å². The van der Waals surface area contributed by atoms with Gasteiger partial charge in [0, 0.05) is 0 Å². The molecule has 2 aromatic carbocycles. The van der Waals surface area contributed by atoms with Crippen LogP contribution in [-0.4, -0.2) is 57.6 Å². The summed E-state index contributed by atoms with van der Waals surface area (Å²) in [5.74, 6) is 1.39. The largest absolute Gasteiger partial charge is 0.497 e. The van der Waals surface area contributed by atoms with E-state index >= 15 is 0 Å². The minimum absolute atomic E-state index is 0.0571. The van der Waals surface area contributed by atoms with Crippen LogP contribution >= 0.6 is 0 Å². The molecule has 32 heavy (non-hydrogen) atoms. The fraction of sp³-hybridized carbons (Fsp3) is 0.360. The summed E-state index contributed by atoms with van der Waals surface area (Å²) in [5, 5.41) is 2.99. The number of likely N-dealkylation sites (tertiary alicyclic amines) is 1. The number of carbonyl (C=O) groups is 2. The Hall–Kier alpha value is -3.32. The van der Waals surface area contributed by atoms with Crippen LogP contribution in [0.5, 0.6) is 17.2 Å². The number of ketones is 1. The van der Waals surface area contributed by atoms with Gasteiger partial charge in [-0.1, -0.05) is 6.07 Å². The van der Waals surface area contributed by atoms with E-state index in [0.29, 0.717) is 34.1 Å². The predicted octanol–water partition coefficient (Wildman–Crippen LogP) is 4.03. The average Bonchev–Trinajstić information content (AvgIpc) is 3.24. The van der Waals surface area contributed by atoms with Crippen molar-refractivity contribution in [1.82, 2.24) is 4.90 Å². The number of benzene rings is 2. The summed E-state index contributed by atoms with van der Waals surface area (Å²) < 4.78 is 16.0. The SMILES string of the molecule is COc1ccc(OC)c(C(=O)/C(C)=C/c2ccc(OC)c(NC(=O)C3CCCN3C)c2)c1. The van der Waals surface area contributed by atoms with Crippen LogP contribution < -0.4 is 19.5 Å². The van der Waals surface area contributed by atoms with Gasteiger partial charge in [-0.25, -0.2) is 0 Å². The van der Waals surface area contributed by atoms with Crippen LogP contribution in [0.25, 0.3) is 6.08 Å². The second kappa shape index (κ2) is 10.3. The molecule has 7 nitrogen and oxygen atoms in total. The maximum atomic E-state index is 13.1. The van der Waals surface area contributed by atoms with Crippen LogP contribution in [0.3, 0.4) is 0 Å². The highest BCUT2D eigenvalue weighted by atomic mass is 16.5. The van der Waals surface area contributed by atoms with Crippen molar-refractivity contribution in [2.24, 2.45) is 0 Å². The van der Waals surface area contributed by atoms with Gasteiger partial charge in [0.25, 0.3) is 0 Å². The van der Waals surface area contributed by atoms with Crippen molar-refractivity contribution in [3.63, 3.8) is 0 Å². The fourth-order valence-electron chi connectivity index (χ4n) is 3.89. The van der Waals surface area contributed by atoms with E-state index in [1.54, 1.807) is 51.5 Å². The van der Waals surface area contributed by atoms with Crippen LogP contribution in [0, 0.1) is 0 Å². The van der Waals surface area contributed by atoms with E-state index in [-0.39, 0.29) is 17.7 Å². The molecule has 1 aliphatic rings. The molecule has 0 saturated carbocycles. The maximum Gasteiger partial charge on any atom is 0.241 e. The Morgan fingerprint density at radius 2 is 1.75 bits per heavy atom. The number of rotatable bonds is 8. The minimum atomic E-state index is -0.172. The lowest BCUT2D eigenvalue weighted by Crippen LogP contribution is -2.37. The monoisotopic (exact) mass is 438 g/mol. The Morgan fingerprint density at radius 1 is 1.03 bits per heavy atom. The molecule has 170 valence electrons. The van der Waals surface area contributed by atoms with Crippen molar-refractivity contribution < 1.29 is 23.8 Å². The number of nitrogens with one attached hydrogen (secondary N) is 1. The van der Waals surface area contributed by atoms with Gasteiger partial charge in [-0.05, 0) is 80.9 Å². The third kappa shape index (κ3) is 5.11. The number of nitrogens with zero attached hydrogens (tertiary/aromatic N) is 1. The molecule has 0 radical (unpaired) electrons. The Morgan fingerprint density at radius 3 is 2.38 bits per heavy atom. The van der Waals surface area contributed by atoms with E-state index in [0.717, 1.165) is 24.9 Å². The van der Waals surface area contributed by atoms with Crippen LogP contribution in [-0.2, 0) is 4.79 Å². The Labute approximate surface area is 189 Å². The number of amides is 1. The van der Waals surface area contributed by atoms with Crippen molar-refractivity contribution in [1.29, 1.82) is 0 Å². The van der Waals surface area contributed by atoms with E-state index in [1.807, 2.05) is 19.2 Å². The molecule has 0 aromatic heterocycles. The van der Waals surface area contributed by atoms with Crippen LogP contribution in [0.1, 0.15) is 35.7 Å². The molecule has 1 N–H and O–H groups in total. The summed E-state index contributed by atoms with van der Waals surface area (Å²) >= 11 is 0. The molecule has 1 unspecified atom stereocenters. The lowest BCUT2D eigenvalue weighted by atomic mass is 10.0. The van der Waals surface area contributed by atoms with Gasteiger partial charge in [-0.2, -0.15) is 0 Å². The molecular weight excluding hydrogens is 408 g/mol. The zero-order chi connectivity index (χ0) is 23.3. The molecule has 7 heteroatoms. The number of likely N-dealkylation sites (N-methyl/N-ethyl adjacent to an activating group) is 1. The van der Waals surface area contributed by atoms with E-state index in [4.69, 9.17) is 14.2 Å². The van der Waals surface area contributed by atoms with Gasteiger partial charge in [0.2, 0.25) is 5.91 Å². The van der Waals surface area contributed by atoms with Crippen LogP contribution in [0.2, 0.25) is 0 Å². The third-order valence-corrected chi connectivity index (χ3v) is 5.70. The number of ether oxygens (including phenoxy) is 3. The molecule has 1 amide bonds. The predicted molar refractivity (Wildman–Crippen MR) is 125 cm³/mol. The maximum absolute atomic E-state index is 13.1. The Bertz CT molecular complexity index is 1030. The van der Waals surface area contributed by atoms with Gasteiger partial charge >= 0.3 is 0 Å². The lowest BCUT2D eigenvalue weighted by molar-refractivity contribution is -0.119. The summed E-state index contributed by atoms with van der Waals surface area (Å²) in [4.78, 5) is 27.9. The van der Waals surface area contributed by atoms with Crippen molar-refractivity contribution in [2.75, 3.05) is 40.2 Å². The minimum Gasteiger partial charge on any atom is -0.497 e. The zero-order valence-corrected chi connectivity index (χ0v) is 19.2. The second-order valence-corrected chi connectivity index (χ2v) is 7.81. The van der Waals surface area contributed by atoms with E-state index in [2.05, 4.69) is 10.2 Å². The fourth-order valence-corrected chi connectivity index (χ4v) is 3.89. The highest BCUT2D eigenvalue weighted by molar-refractivity contribution is 6.12. The van der Waals surface area contributed by atoms with Gasteiger partial charge in [-0.15, -0.1) is 0 Å². The smallest absolute Gasteiger partial charge is 0.241 e. The molecule has 1 fully saturated rings. The highest BCUT2D eigenvalue weighted by Crippen LogP contribution is 2.30. The summed E-state index contributed by atoms with van der Waals surface area (Å²) in [6, 6.07) is 10.4. The van der Waals surface area contributed by atoms with Crippen molar-refractivity contribution in [2.45, 2.75) is 25.8 Å². The molecule has 3 rings (SSSR count). The highest BCUT2D eigenvalue weighted by Gasteiger charge is 2.28. The number of allylic oxidation sites excluding steroid dienone is 1. The quantitative estimate of drug-likeness (QED) is 0.495. The van der Waals surface area contributed by atoms with Gasteiger partial charge in [0.1, 0.15) is 17.2 Å². The number of anilines is 1. The number of Topliss-reactive ketones (excluding diaryl/α,β-unsaturated/α-hetero) is 1. The summed E-state index contributed by atoms with van der Waals surface area (Å²) in [6.07, 6.45) is 3.61. The zero-order valence-electron chi connectivity index (χ0n) is 19.2. The normalized spacial score (nSPS) is 16.5. The Balaban J connectivity index is 1.87. The van der Waals surface area contributed by atoms with Crippen LogP contribution in [0.4, 0.5) is 5.69 Å². The van der Waals surface area contributed by atoms with Crippen molar-refractivity contribution in [3.8, 4) is 17.2 Å². The average molecular weight is 439 g/mol. The van der Waals surface area contributed by atoms with Crippen molar-refractivity contribution in [3.05, 3.63) is 53.1 Å². The molecule has 0 bridgehead atoms. The number of carbonyl (C=O) groups excluding carboxylic acids is 2. The topological polar surface area (TPSA) is 77.1 Å². The lowest BCUT2D eigenvalue weighted by Gasteiger charge is -2.19. The van der Waals surface area contributed by atoms with Gasteiger partial charge < -0.3 is 19.5 Å². The molecule has 1 atom stereocenters. The third-order valence-electron chi connectivity index (χ3n) is 5.70. The van der Waals surface area contributed by atoms with Crippen molar-refractivity contribution >= 4 is 23.5 Å². The molecule has 0 spiro atoms. The molecule has 2 aromatic rings. The first kappa shape index (κ1) is 23.3. The van der Waals surface area contributed by atoms with E-state index in [9.17, 15) is 9.59 Å².